The van der Waals surface area contributed by atoms with Gasteiger partial charge in [-0.1, -0.05) is 35.9 Å². The van der Waals surface area contributed by atoms with Gasteiger partial charge in [0.15, 0.2) is 0 Å². The molecular formula is C17H18N2O2. The predicted octanol–water partition coefficient (Wildman–Crippen LogP) is 4.39. The first-order valence-corrected chi connectivity index (χ1v) is 6.83. The van der Waals surface area contributed by atoms with Crippen molar-refractivity contribution < 1.29 is 4.92 Å². The maximum Gasteiger partial charge on any atom is 0.278 e. The van der Waals surface area contributed by atoms with E-state index in [1.807, 2.05) is 20.8 Å². The van der Waals surface area contributed by atoms with E-state index in [-0.39, 0.29) is 16.7 Å². The minimum atomic E-state index is -0.385. The lowest BCUT2D eigenvalue weighted by Gasteiger charge is -2.11. The molecule has 0 heterocycles. The highest BCUT2D eigenvalue weighted by Gasteiger charge is 2.11. The van der Waals surface area contributed by atoms with E-state index >= 15 is 0 Å². The van der Waals surface area contributed by atoms with Crippen molar-refractivity contribution in [1.82, 2.24) is 0 Å². The number of nitro benzene ring substituents is 1. The molecule has 0 radical (unpaired) electrons. The monoisotopic (exact) mass is 282 g/mol. The van der Waals surface area contributed by atoms with E-state index in [1.54, 1.807) is 24.4 Å². The van der Waals surface area contributed by atoms with Crippen LogP contribution in [0, 0.1) is 24.0 Å². The van der Waals surface area contributed by atoms with Gasteiger partial charge in [-0.05, 0) is 38.0 Å². The molecule has 2 aromatic rings. The van der Waals surface area contributed by atoms with Crippen molar-refractivity contribution in [3.8, 4) is 0 Å². The number of aliphatic imine (C=N–C) groups is 1. The van der Waals surface area contributed by atoms with Gasteiger partial charge >= 0.3 is 0 Å². The third kappa shape index (κ3) is 3.54. The average molecular weight is 282 g/mol. The van der Waals surface area contributed by atoms with Crippen LogP contribution < -0.4 is 0 Å². The Morgan fingerprint density at radius 3 is 2.62 bits per heavy atom. The van der Waals surface area contributed by atoms with Crippen LogP contribution in [0.25, 0.3) is 0 Å². The number of nitrogens with zero attached hydrogens (tertiary/aromatic N) is 2. The largest absolute Gasteiger partial charge is 0.285 e. The molecule has 0 saturated heterocycles. The summed E-state index contributed by atoms with van der Waals surface area (Å²) in [6.45, 7) is 6.08. The molecule has 4 heteroatoms. The van der Waals surface area contributed by atoms with Crippen LogP contribution in [0.1, 0.15) is 35.2 Å². The van der Waals surface area contributed by atoms with E-state index < -0.39 is 0 Å². The van der Waals surface area contributed by atoms with Gasteiger partial charge < -0.3 is 0 Å². The topological polar surface area (TPSA) is 55.5 Å². The summed E-state index contributed by atoms with van der Waals surface area (Å²) in [6, 6.07) is 12.8. The number of nitro groups is 1. The van der Waals surface area contributed by atoms with Gasteiger partial charge in [0.2, 0.25) is 0 Å². The van der Waals surface area contributed by atoms with Gasteiger partial charge in [0, 0.05) is 12.3 Å². The van der Waals surface area contributed by atoms with E-state index in [1.165, 1.54) is 17.2 Å². The first-order chi connectivity index (χ1) is 9.99. The molecule has 0 N–H and O–H groups in total. The van der Waals surface area contributed by atoms with Gasteiger partial charge in [-0.3, -0.25) is 15.1 Å². The van der Waals surface area contributed by atoms with Crippen molar-refractivity contribution in [2.24, 2.45) is 4.99 Å². The minimum absolute atomic E-state index is 0.0373. The summed E-state index contributed by atoms with van der Waals surface area (Å²) in [5.41, 5.74) is 4.11. The maximum absolute atomic E-state index is 11.0. The molecule has 21 heavy (non-hydrogen) atoms. The van der Waals surface area contributed by atoms with E-state index in [0.717, 1.165) is 5.56 Å². The number of rotatable bonds is 4. The zero-order valence-corrected chi connectivity index (χ0v) is 12.4. The SMILES string of the molecule is Cc1ccc(C)c([C@@H](C)N=Cc2ccccc2[N+](=O)[O-])c1. The molecule has 2 rings (SSSR count). The maximum atomic E-state index is 11.0. The Hall–Kier alpha value is -2.49. The molecule has 4 nitrogen and oxygen atoms in total. The molecular weight excluding hydrogens is 264 g/mol. The molecule has 0 aliphatic rings. The highest BCUT2D eigenvalue weighted by Crippen LogP contribution is 2.23. The van der Waals surface area contributed by atoms with Crippen molar-refractivity contribution >= 4 is 11.9 Å². The number of hydrogen-bond acceptors (Lipinski definition) is 3. The molecule has 1 atom stereocenters. The Morgan fingerprint density at radius 2 is 1.90 bits per heavy atom. The smallest absolute Gasteiger partial charge is 0.278 e. The number of hydrogen-bond donors (Lipinski definition) is 0. The quantitative estimate of drug-likeness (QED) is 0.474. The molecule has 0 amide bonds. The molecule has 0 aliphatic carbocycles. The van der Waals surface area contributed by atoms with E-state index in [9.17, 15) is 10.1 Å². The Bertz CT molecular complexity index is 693. The molecule has 0 saturated carbocycles. The summed E-state index contributed by atoms with van der Waals surface area (Å²) in [5, 5.41) is 11.0. The van der Waals surface area contributed by atoms with E-state index in [2.05, 4.69) is 23.2 Å². The molecule has 0 aliphatic heterocycles. The van der Waals surface area contributed by atoms with Crippen molar-refractivity contribution in [2.45, 2.75) is 26.8 Å². The second-order valence-corrected chi connectivity index (χ2v) is 5.13. The van der Waals surface area contributed by atoms with Gasteiger partial charge in [0.05, 0.1) is 16.5 Å². The van der Waals surface area contributed by atoms with E-state index in [4.69, 9.17) is 0 Å². The van der Waals surface area contributed by atoms with Gasteiger partial charge in [-0.15, -0.1) is 0 Å². The molecule has 0 fully saturated rings. The van der Waals surface area contributed by atoms with Crippen LogP contribution in [-0.4, -0.2) is 11.1 Å². The third-order valence-corrected chi connectivity index (χ3v) is 3.46. The summed E-state index contributed by atoms with van der Waals surface area (Å²) in [6.07, 6.45) is 1.59. The lowest BCUT2D eigenvalue weighted by Crippen LogP contribution is -1.97. The second-order valence-electron chi connectivity index (χ2n) is 5.13. The highest BCUT2D eigenvalue weighted by molar-refractivity contribution is 5.85. The number of para-hydroxylation sites is 1. The van der Waals surface area contributed by atoms with Crippen LogP contribution in [-0.2, 0) is 0 Å². The summed E-state index contributed by atoms with van der Waals surface area (Å²) >= 11 is 0. The van der Waals surface area contributed by atoms with E-state index in [0.29, 0.717) is 5.56 Å². The summed E-state index contributed by atoms with van der Waals surface area (Å²) in [4.78, 5) is 15.1. The summed E-state index contributed by atoms with van der Waals surface area (Å²) in [7, 11) is 0. The molecule has 108 valence electrons. The van der Waals surface area contributed by atoms with Crippen LogP contribution >= 0.6 is 0 Å². The lowest BCUT2D eigenvalue weighted by atomic mass is 10.0. The molecule has 0 aromatic heterocycles. The fourth-order valence-corrected chi connectivity index (χ4v) is 2.25. The van der Waals surface area contributed by atoms with Crippen molar-refractivity contribution in [3.63, 3.8) is 0 Å². The van der Waals surface area contributed by atoms with Crippen molar-refractivity contribution in [3.05, 3.63) is 74.8 Å². The summed E-state index contributed by atoms with van der Waals surface area (Å²) in [5.74, 6) is 0. The van der Waals surface area contributed by atoms with Crippen LogP contribution in [0.2, 0.25) is 0 Å². The second kappa shape index (κ2) is 6.31. The van der Waals surface area contributed by atoms with Gasteiger partial charge in [0.1, 0.15) is 0 Å². The molecule has 0 unspecified atom stereocenters. The fraction of sp³-hybridized carbons (Fsp3) is 0.235. The molecule has 2 aromatic carbocycles. The number of benzene rings is 2. The Kier molecular flexibility index (Phi) is 4.48. The van der Waals surface area contributed by atoms with Crippen LogP contribution in [0.4, 0.5) is 5.69 Å². The third-order valence-electron chi connectivity index (χ3n) is 3.46. The Morgan fingerprint density at radius 1 is 1.19 bits per heavy atom. The average Bonchev–Trinajstić information content (AvgIpc) is 2.47. The van der Waals surface area contributed by atoms with Crippen LogP contribution in [0.15, 0.2) is 47.5 Å². The lowest BCUT2D eigenvalue weighted by molar-refractivity contribution is -0.385. The standard InChI is InChI=1S/C17H18N2O2/c1-12-8-9-13(2)16(10-12)14(3)18-11-15-6-4-5-7-17(15)19(20)21/h4-11,14H,1-3H3/t14-/m1/s1. The molecule has 0 spiro atoms. The number of aryl methyl sites for hydroxylation is 2. The normalized spacial score (nSPS) is 12.5. The zero-order chi connectivity index (χ0) is 15.4. The minimum Gasteiger partial charge on any atom is -0.285 e. The summed E-state index contributed by atoms with van der Waals surface area (Å²) < 4.78 is 0. The Balaban J connectivity index is 2.29. The Labute approximate surface area is 124 Å². The van der Waals surface area contributed by atoms with Gasteiger partial charge in [-0.25, -0.2) is 0 Å². The highest BCUT2D eigenvalue weighted by atomic mass is 16.6. The fourth-order valence-electron chi connectivity index (χ4n) is 2.25. The van der Waals surface area contributed by atoms with Gasteiger partial charge in [-0.2, -0.15) is 0 Å². The van der Waals surface area contributed by atoms with Crippen molar-refractivity contribution in [1.29, 1.82) is 0 Å². The van der Waals surface area contributed by atoms with Crippen molar-refractivity contribution in [2.75, 3.05) is 0 Å². The first kappa shape index (κ1) is 14.9. The van der Waals surface area contributed by atoms with Gasteiger partial charge in [0.25, 0.3) is 5.69 Å². The first-order valence-electron chi connectivity index (χ1n) is 6.83. The zero-order valence-electron chi connectivity index (χ0n) is 12.4. The van der Waals surface area contributed by atoms with Crippen LogP contribution in [0.5, 0.6) is 0 Å². The van der Waals surface area contributed by atoms with Crippen LogP contribution in [0.3, 0.4) is 0 Å². The predicted molar refractivity (Wildman–Crippen MR) is 85.0 cm³/mol. The molecule has 0 bridgehead atoms.